The summed E-state index contributed by atoms with van der Waals surface area (Å²) in [5.41, 5.74) is 2.21. The molecule has 0 amide bonds. The van der Waals surface area contributed by atoms with Gasteiger partial charge in [0.25, 0.3) is 0 Å². The minimum absolute atomic E-state index is 0.199. The van der Waals surface area contributed by atoms with Gasteiger partial charge in [-0.2, -0.15) is 0 Å². The third kappa shape index (κ3) is 1.63. The van der Waals surface area contributed by atoms with Gasteiger partial charge in [0, 0.05) is 25.2 Å². The molecule has 4 heteroatoms. The molecule has 3 rings (SSSR count). The van der Waals surface area contributed by atoms with Crippen molar-refractivity contribution in [1.29, 1.82) is 0 Å². The molecule has 1 atom stereocenters. The van der Waals surface area contributed by atoms with E-state index in [-0.39, 0.29) is 5.41 Å². The van der Waals surface area contributed by atoms with Gasteiger partial charge in [-0.25, -0.2) is 9.97 Å². The van der Waals surface area contributed by atoms with Crippen molar-refractivity contribution in [1.82, 2.24) is 19.9 Å². The number of hydrogen-bond acceptors (Lipinski definition) is 3. The van der Waals surface area contributed by atoms with Gasteiger partial charge in [0.2, 0.25) is 0 Å². The van der Waals surface area contributed by atoms with E-state index < -0.39 is 0 Å². The average molecular weight is 244 g/mol. The zero-order chi connectivity index (χ0) is 12.6. The Morgan fingerprint density at radius 1 is 1.50 bits per heavy atom. The molecule has 0 radical (unpaired) electrons. The molecule has 1 N–H and O–H groups in total. The van der Waals surface area contributed by atoms with Crippen molar-refractivity contribution >= 4 is 11.2 Å². The molecule has 96 valence electrons. The summed E-state index contributed by atoms with van der Waals surface area (Å²) < 4.78 is 2.18. The van der Waals surface area contributed by atoms with E-state index in [9.17, 15) is 0 Å². The Hall–Kier alpha value is -1.42. The smallest absolute Gasteiger partial charge is 0.159 e. The summed E-state index contributed by atoms with van der Waals surface area (Å²) in [5, 5.41) is 3.49. The van der Waals surface area contributed by atoms with Crippen LogP contribution in [0.1, 0.15) is 32.0 Å². The summed E-state index contributed by atoms with van der Waals surface area (Å²) in [7, 11) is 2.09. The van der Waals surface area contributed by atoms with E-state index in [0.717, 1.165) is 24.3 Å². The molecule has 3 heterocycles. The molecule has 18 heavy (non-hydrogen) atoms. The number of aryl methyl sites for hydroxylation is 1. The van der Waals surface area contributed by atoms with Gasteiger partial charge < -0.3 is 9.88 Å². The van der Waals surface area contributed by atoms with Crippen molar-refractivity contribution in [3.05, 3.63) is 24.2 Å². The van der Waals surface area contributed by atoms with Crippen LogP contribution < -0.4 is 5.32 Å². The number of aromatic nitrogens is 3. The molecule has 1 saturated heterocycles. The fourth-order valence-electron chi connectivity index (χ4n) is 3.24. The molecule has 1 aliphatic rings. The average Bonchev–Trinajstić information content (AvgIpc) is 2.97. The van der Waals surface area contributed by atoms with E-state index >= 15 is 0 Å². The Bertz CT molecular complexity index is 552. The largest absolute Gasteiger partial charge is 0.316 e. The first-order valence-electron chi connectivity index (χ1n) is 6.75. The highest BCUT2D eigenvalue weighted by Gasteiger charge is 2.38. The van der Waals surface area contributed by atoms with Crippen molar-refractivity contribution in [2.75, 3.05) is 13.1 Å². The molecule has 1 fully saturated rings. The van der Waals surface area contributed by atoms with E-state index in [2.05, 4.69) is 28.8 Å². The third-order valence-electron chi connectivity index (χ3n) is 4.07. The number of rotatable bonds is 3. The van der Waals surface area contributed by atoms with Crippen molar-refractivity contribution in [3.63, 3.8) is 0 Å². The first-order valence-corrected chi connectivity index (χ1v) is 6.75. The highest BCUT2D eigenvalue weighted by molar-refractivity contribution is 5.71. The monoisotopic (exact) mass is 244 g/mol. The van der Waals surface area contributed by atoms with E-state index in [4.69, 9.17) is 4.98 Å². The summed E-state index contributed by atoms with van der Waals surface area (Å²) in [4.78, 5) is 9.29. The van der Waals surface area contributed by atoms with Crippen molar-refractivity contribution in [2.24, 2.45) is 7.05 Å². The summed E-state index contributed by atoms with van der Waals surface area (Å²) in [6.07, 6.45) is 5.40. The van der Waals surface area contributed by atoms with Crippen LogP contribution in [0.2, 0.25) is 0 Å². The molecule has 0 bridgehead atoms. The topological polar surface area (TPSA) is 42.7 Å². The zero-order valence-corrected chi connectivity index (χ0v) is 11.1. The van der Waals surface area contributed by atoms with Crippen molar-refractivity contribution in [3.8, 4) is 0 Å². The number of nitrogens with one attached hydrogen (secondary N) is 1. The second-order valence-electron chi connectivity index (χ2n) is 5.30. The van der Waals surface area contributed by atoms with E-state index in [0.29, 0.717) is 0 Å². The van der Waals surface area contributed by atoms with Gasteiger partial charge >= 0.3 is 0 Å². The minimum atomic E-state index is 0.199. The van der Waals surface area contributed by atoms with Crippen LogP contribution in [0.4, 0.5) is 0 Å². The van der Waals surface area contributed by atoms with Gasteiger partial charge in [-0.05, 0) is 31.5 Å². The summed E-state index contributed by atoms with van der Waals surface area (Å²) >= 11 is 0. The van der Waals surface area contributed by atoms with E-state index in [1.54, 1.807) is 0 Å². The molecule has 0 aliphatic carbocycles. The Balaban J connectivity index is 2.14. The van der Waals surface area contributed by atoms with Crippen LogP contribution in [0.25, 0.3) is 11.2 Å². The van der Waals surface area contributed by atoms with Crippen LogP contribution in [-0.4, -0.2) is 27.6 Å². The number of nitrogens with zero attached hydrogens (tertiary/aromatic N) is 3. The van der Waals surface area contributed by atoms with Gasteiger partial charge in [-0.3, -0.25) is 0 Å². The predicted octanol–water partition coefficient (Wildman–Crippen LogP) is 2.00. The second kappa shape index (κ2) is 4.35. The molecule has 2 aromatic heterocycles. The molecule has 1 aliphatic heterocycles. The number of pyridine rings is 1. The molecular weight excluding hydrogens is 224 g/mol. The zero-order valence-electron chi connectivity index (χ0n) is 11.1. The Morgan fingerprint density at radius 3 is 3.06 bits per heavy atom. The molecule has 2 aromatic rings. The Kier molecular flexibility index (Phi) is 2.82. The van der Waals surface area contributed by atoms with Crippen LogP contribution in [0.3, 0.4) is 0 Å². The molecule has 1 unspecified atom stereocenters. The van der Waals surface area contributed by atoms with Gasteiger partial charge in [0.15, 0.2) is 5.65 Å². The standard InChI is InChI=1S/C14H20N4/c1-3-6-14(7-9-15-10-14)13-17-11-5-4-8-16-12(11)18(13)2/h4-5,8,15H,3,6-7,9-10H2,1-2H3. The van der Waals surface area contributed by atoms with Gasteiger partial charge in [-0.15, -0.1) is 0 Å². The highest BCUT2D eigenvalue weighted by atomic mass is 15.1. The lowest BCUT2D eigenvalue weighted by Gasteiger charge is -2.27. The van der Waals surface area contributed by atoms with Crippen LogP contribution in [0.5, 0.6) is 0 Å². The quantitative estimate of drug-likeness (QED) is 0.898. The summed E-state index contributed by atoms with van der Waals surface area (Å²) in [6.45, 7) is 4.38. The molecule has 0 spiro atoms. The maximum atomic E-state index is 4.85. The first-order chi connectivity index (χ1) is 8.77. The molecule has 4 nitrogen and oxygen atoms in total. The normalized spacial score (nSPS) is 23.9. The van der Waals surface area contributed by atoms with Crippen LogP contribution >= 0.6 is 0 Å². The van der Waals surface area contributed by atoms with Crippen LogP contribution in [-0.2, 0) is 12.5 Å². The number of fused-ring (bicyclic) bond motifs is 1. The van der Waals surface area contributed by atoms with E-state index in [1.165, 1.54) is 25.1 Å². The summed E-state index contributed by atoms with van der Waals surface area (Å²) in [5.74, 6) is 1.20. The first kappa shape index (κ1) is 11.7. The van der Waals surface area contributed by atoms with Gasteiger partial charge in [0.1, 0.15) is 11.3 Å². The Morgan fingerprint density at radius 2 is 2.39 bits per heavy atom. The second-order valence-corrected chi connectivity index (χ2v) is 5.30. The highest BCUT2D eigenvalue weighted by Crippen LogP contribution is 2.35. The minimum Gasteiger partial charge on any atom is -0.316 e. The lowest BCUT2D eigenvalue weighted by molar-refractivity contribution is 0.393. The molecule has 0 saturated carbocycles. The Labute approximate surface area is 107 Å². The lowest BCUT2D eigenvalue weighted by atomic mass is 9.81. The third-order valence-corrected chi connectivity index (χ3v) is 4.07. The maximum absolute atomic E-state index is 4.85. The van der Waals surface area contributed by atoms with E-state index in [1.807, 2.05) is 18.3 Å². The number of imidazole rings is 1. The van der Waals surface area contributed by atoms with Crippen molar-refractivity contribution in [2.45, 2.75) is 31.6 Å². The van der Waals surface area contributed by atoms with Crippen LogP contribution in [0, 0.1) is 0 Å². The van der Waals surface area contributed by atoms with Gasteiger partial charge in [0.05, 0.1) is 0 Å². The van der Waals surface area contributed by atoms with Crippen molar-refractivity contribution < 1.29 is 0 Å². The lowest BCUT2D eigenvalue weighted by Crippen LogP contribution is -2.32. The maximum Gasteiger partial charge on any atom is 0.159 e. The summed E-state index contributed by atoms with van der Waals surface area (Å²) in [6, 6.07) is 4.01. The predicted molar refractivity (Wildman–Crippen MR) is 72.6 cm³/mol. The molecule has 0 aromatic carbocycles. The fourth-order valence-corrected chi connectivity index (χ4v) is 3.24. The number of hydrogen-bond donors (Lipinski definition) is 1. The van der Waals surface area contributed by atoms with Crippen LogP contribution in [0.15, 0.2) is 18.3 Å². The fraction of sp³-hybridized carbons (Fsp3) is 0.571. The molecular formula is C14H20N4. The SMILES string of the molecule is CCCC1(c2nc3cccnc3n2C)CCNC1. The van der Waals surface area contributed by atoms with Gasteiger partial charge in [-0.1, -0.05) is 13.3 Å².